The van der Waals surface area contributed by atoms with E-state index in [0.717, 1.165) is 22.3 Å². The number of nitrogens with two attached hydrogens (primary N) is 1. The van der Waals surface area contributed by atoms with E-state index >= 15 is 0 Å². The number of benzene rings is 2. The fraction of sp³-hybridized carbons (Fsp3) is 0.294. The molecular formula is C17H20BrNO2. The van der Waals surface area contributed by atoms with Crippen molar-refractivity contribution in [3.8, 4) is 5.75 Å². The van der Waals surface area contributed by atoms with Crippen molar-refractivity contribution >= 4 is 15.9 Å². The molecule has 21 heavy (non-hydrogen) atoms. The minimum atomic E-state index is -0.406. The van der Waals surface area contributed by atoms with Gasteiger partial charge in [0, 0.05) is 13.2 Å². The van der Waals surface area contributed by atoms with E-state index in [2.05, 4.69) is 28.9 Å². The van der Waals surface area contributed by atoms with Gasteiger partial charge in [-0.15, -0.1) is 0 Å². The highest BCUT2D eigenvalue weighted by Gasteiger charge is 2.28. The number of halogens is 1. The summed E-state index contributed by atoms with van der Waals surface area (Å²) < 4.78 is -0.406. The maximum Gasteiger partial charge on any atom is 0.115 e. The first-order valence-electron chi connectivity index (χ1n) is 6.90. The van der Waals surface area contributed by atoms with Crippen molar-refractivity contribution in [1.29, 1.82) is 0 Å². The van der Waals surface area contributed by atoms with Gasteiger partial charge < -0.3 is 15.9 Å². The van der Waals surface area contributed by atoms with Crippen LogP contribution in [-0.4, -0.2) is 16.8 Å². The minimum absolute atomic E-state index is 0.0440. The second-order valence-corrected chi connectivity index (χ2v) is 6.81. The van der Waals surface area contributed by atoms with Crippen LogP contribution < -0.4 is 5.73 Å². The monoisotopic (exact) mass is 349 g/mol. The van der Waals surface area contributed by atoms with Gasteiger partial charge in [-0.05, 0) is 47.7 Å². The molecule has 0 aliphatic carbocycles. The standard InChI is InChI=1S/C17H20BrNO2/c1-17(18,14-4-2-3-12(9-14)11-19)16-6-5-15(21)10-13(16)7-8-20/h2-6,9-10,20-21H,7-8,11,19H2,1H3. The van der Waals surface area contributed by atoms with Crippen molar-refractivity contribution in [2.45, 2.75) is 24.2 Å². The first-order valence-corrected chi connectivity index (χ1v) is 7.70. The summed E-state index contributed by atoms with van der Waals surface area (Å²) in [5.41, 5.74) is 9.84. The van der Waals surface area contributed by atoms with Crippen molar-refractivity contribution in [3.05, 3.63) is 64.7 Å². The molecule has 0 radical (unpaired) electrons. The summed E-state index contributed by atoms with van der Waals surface area (Å²) in [5.74, 6) is 0.209. The highest BCUT2D eigenvalue weighted by atomic mass is 79.9. The first kappa shape index (κ1) is 16.0. The lowest BCUT2D eigenvalue weighted by Crippen LogP contribution is -2.18. The Morgan fingerprint density at radius 2 is 1.95 bits per heavy atom. The molecule has 112 valence electrons. The third-order valence-electron chi connectivity index (χ3n) is 3.68. The number of aliphatic hydroxyl groups excluding tert-OH is 1. The summed E-state index contributed by atoms with van der Waals surface area (Å²) >= 11 is 3.80. The van der Waals surface area contributed by atoms with Crippen LogP contribution in [0.4, 0.5) is 0 Å². The van der Waals surface area contributed by atoms with Crippen molar-refractivity contribution in [2.24, 2.45) is 5.73 Å². The zero-order chi connectivity index (χ0) is 15.5. The van der Waals surface area contributed by atoms with Crippen LogP contribution >= 0.6 is 15.9 Å². The van der Waals surface area contributed by atoms with E-state index in [1.165, 1.54) is 0 Å². The van der Waals surface area contributed by atoms with Gasteiger partial charge in [-0.2, -0.15) is 0 Å². The quantitative estimate of drug-likeness (QED) is 0.726. The summed E-state index contributed by atoms with van der Waals surface area (Å²) in [7, 11) is 0. The lowest BCUT2D eigenvalue weighted by Gasteiger charge is -2.27. The summed E-state index contributed by atoms with van der Waals surface area (Å²) in [6.45, 7) is 2.61. The molecule has 4 N–H and O–H groups in total. The lowest BCUT2D eigenvalue weighted by molar-refractivity contribution is 0.299. The number of hydrogen-bond donors (Lipinski definition) is 3. The number of phenolic OH excluding ortho intramolecular Hbond substituents is 1. The second kappa shape index (κ2) is 6.60. The third kappa shape index (κ3) is 3.46. The molecule has 0 amide bonds. The fourth-order valence-corrected chi connectivity index (χ4v) is 3.14. The average Bonchev–Trinajstić information content (AvgIpc) is 2.47. The lowest BCUT2D eigenvalue weighted by atomic mass is 9.87. The molecule has 2 aromatic carbocycles. The maximum atomic E-state index is 9.67. The van der Waals surface area contributed by atoms with E-state index < -0.39 is 4.32 Å². The maximum absolute atomic E-state index is 9.67. The highest BCUT2D eigenvalue weighted by molar-refractivity contribution is 9.09. The molecule has 2 rings (SSSR count). The molecule has 0 aliphatic heterocycles. The predicted octanol–water partition coefficient (Wildman–Crippen LogP) is 3.04. The van der Waals surface area contributed by atoms with Gasteiger partial charge in [0.1, 0.15) is 5.75 Å². The molecule has 0 bridgehead atoms. The van der Waals surface area contributed by atoms with E-state index in [1.807, 2.05) is 24.3 Å². The molecule has 0 saturated carbocycles. The van der Waals surface area contributed by atoms with Crippen LogP contribution in [0.2, 0.25) is 0 Å². The molecule has 0 fully saturated rings. The molecule has 3 nitrogen and oxygen atoms in total. The van der Waals surface area contributed by atoms with Crippen LogP contribution in [0, 0.1) is 0 Å². The van der Waals surface area contributed by atoms with Crippen molar-refractivity contribution in [1.82, 2.24) is 0 Å². The Morgan fingerprint density at radius 3 is 2.62 bits per heavy atom. The summed E-state index contributed by atoms with van der Waals surface area (Å²) in [4.78, 5) is 0. The SMILES string of the molecule is CC(Br)(c1cccc(CN)c1)c1ccc(O)cc1CCO. The largest absolute Gasteiger partial charge is 0.508 e. The van der Waals surface area contributed by atoms with Crippen LogP contribution in [-0.2, 0) is 17.3 Å². The summed E-state index contributed by atoms with van der Waals surface area (Å²) in [5, 5.41) is 18.9. The van der Waals surface area contributed by atoms with Crippen LogP contribution in [0.25, 0.3) is 0 Å². The van der Waals surface area contributed by atoms with Gasteiger partial charge in [-0.3, -0.25) is 0 Å². The molecule has 4 heteroatoms. The van der Waals surface area contributed by atoms with Crippen LogP contribution in [0.5, 0.6) is 5.75 Å². The number of hydrogen-bond acceptors (Lipinski definition) is 3. The molecule has 0 aliphatic rings. The molecule has 0 aromatic heterocycles. The van der Waals surface area contributed by atoms with Crippen LogP contribution in [0.3, 0.4) is 0 Å². The topological polar surface area (TPSA) is 66.5 Å². The van der Waals surface area contributed by atoms with Crippen molar-refractivity contribution in [2.75, 3.05) is 6.61 Å². The molecule has 0 saturated heterocycles. The smallest absolute Gasteiger partial charge is 0.115 e. The number of aromatic hydroxyl groups is 1. The predicted molar refractivity (Wildman–Crippen MR) is 88.6 cm³/mol. The second-order valence-electron chi connectivity index (χ2n) is 5.22. The van der Waals surface area contributed by atoms with Crippen molar-refractivity contribution in [3.63, 3.8) is 0 Å². The van der Waals surface area contributed by atoms with Gasteiger partial charge >= 0.3 is 0 Å². The van der Waals surface area contributed by atoms with Crippen LogP contribution in [0.15, 0.2) is 42.5 Å². The fourth-order valence-electron chi connectivity index (χ4n) is 2.51. The Labute approximate surface area is 133 Å². The molecule has 1 unspecified atom stereocenters. The highest BCUT2D eigenvalue weighted by Crippen LogP contribution is 2.41. The summed E-state index contributed by atoms with van der Waals surface area (Å²) in [6.07, 6.45) is 0.501. The Hall–Kier alpha value is -1.36. The van der Waals surface area contributed by atoms with Gasteiger partial charge in [0.05, 0.1) is 4.32 Å². The first-order chi connectivity index (χ1) is 9.98. The van der Waals surface area contributed by atoms with Gasteiger partial charge in [0.25, 0.3) is 0 Å². The van der Waals surface area contributed by atoms with Gasteiger partial charge in [0.2, 0.25) is 0 Å². The van der Waals surface area contributed by atoms with E-state index in [9.17, 15) is 10.2 Å². The van der Waals surface area contributed by atoms with Gasteiger partial charge in [0.15, 0.2) is 0 Å². The molecule has 0 heterocycles. The number of aliphatic hydroxyl groups is 1. The molecule has 0 spiro atoms. The Kier molecular flexibility index (Phi) is 5.04. The zero-order valence-corrected chi connectivity index (χ0v) is 13.6. The number of rotatable bonds is 5. The molecular weight excluding hydrogens is 330 g/mol. The van der Waals surface area contributed by atoms with E-state index in [4.69, 9.17) is 5.73 Å². The van der Waals surface area contributed by atoms with Gasteiger partial charge in [-0.25, -0.2) is 0 Å². The van der Waals surface area contributed by atoms with Crippen molar-refractivity contribution < 1.29 is 10.2 Å². The third-order valence-corrected chi connectivity index (χ3v) is 4.57. The van der Waals surface area contributed by atoms with E-state index in [1.54, 1.807) is 12.1 Å². The number of alkyl halides is 1. The Balaban J connectivity index is 2.51. The number of phenols is 1. The average molecular weight is 350 g/mol. The Morgan fingerprint density at radius 1 is 1.19 bits per heavy atom. The molecule has 1 atom stereocenters. The van der Waals surface area contributed by atoms with Crippen LogP contribution in [0.1, 0.15) is 29.2 Å². The summed E-state index contributed by atoms with van der Waals surface area (Å²) in [6, 6.07) is 13.4. The minimum Gasteiger partial charge on any atom is -0.508 e. The van der Waals surface area contributed by atoms with Gasteiger partial charge in [-0.1, -0.05) is 46.3 Å². The van der Waals surface area contributed by atoms with E-state index in [0.29, 0.717) is 13.0 Å². The normalized spacial score (nSPS) is 13.9. The molecule has 2 aromatic rings. The van der Waals surface area contributed by atoms with E-state index in [-0.39, 0.29) is 12.4 Å². The zero-order valence-electron chi connectivity index (χ0n) is 12.0. The Bertz CT molecular complexity index is 626.